The van der Waals surface area contributed by atoms with E-state index in [9.17, 15) is 0 Å². The molecule has 3 rings (SSSR count). The van der Waals surface area contributed by atoms with Gasteiger partial charge in [0.25, 0.3) is 0 Å². The molecule has 20 heavy (non-hydrogen) atoms. The van der Waals surface area contributed by atoms with E-state index in [1.165, 1.54) is 0 Å². The number of aliphatic imine (C=N–C) groups is 1. The Hall–Kier alpha value is -1.68. The van der Waals surface area contributed by atoms with Crippen molar-refractivity contribution in [3.63, 3.8) is 0 Å². The maximum atomic E-state index is 5.41. The summed E-state index contributed by atoms with van der Waals surface area (Å²) < 4.78 is 11.7. The third-order valence-electron chi connectivity index (χ3n) is 3.06. The predicted molar refractivity (Wildman–Crippen MR) is 83.6 cm³/mol. The monoisotopic (exact) mass is 347 g/mol. The topological polar surface area (TPSA) is 30.8 Å². The van der Waals surface area contributed by atoms with E-state index in [2.05, 4.69) is 26.1 Å². The lowest BCUT2D eigenvalue weighted by Crippen LogP contribution is -1.98. The molecule has 2 aromatic carbocycles. The van der Waals surface area contributed by atoms with Gasteiger partial charge in [-0.1, -0.05) is 34.1 Å². The molecule has 3 nitrogen and oxygen atoms in total. The SMILES string of the molecule is S=C=NC(c1cccc(Br)c1)c1ccc2c(c1)OCO2. The van der Waals surface area contributed by atoms with E-state index in [1.54, 1.807) is 0 Å². The van der Waals surface area contributed by atoms with Gasteiger partial charge in [0.05, 0.1) is 5.16 Å². The highest BCUT2D eigenvalue weighted by Crippen LogP contribution is 2.37. The minimum Gasteiger partial charge on any atom is -0.454 e. The van der Waals surface area contributed by atoms with E-state index >= 15 is 0 Å². The molecule has 0 N–H and O–H groups in total. The third kappa shape index (κ3) is 2.61. The first kappa shape index (κ1) is 13.3. The first-order valence-electron chi connectivity index (χ1n) is 6.00. The van der Waals surface area contributed by atoms with Crippen LogP contribution in [-0.4, -0.2) is 12.0 Å². The molecular weight excluding hydrogens is 338 g/mol. The van der Waals surface area contributed by atoms with Crippen molar-refractivity contribution < 1.29 is 9.47 Å². The van der Waals surface area contributed by atoms with Crippen LogP contribution >= 0.6 is 28.1 Å². The Morgan fingerprint density at radius 3 is 2.70 bits per heavy atom. The largest absolute Gasteiger partial charge is 0.454 e. The van der Waals surface area contributed by atoms with Crippen LogP contribution in [0.15, 0.2) is 51.9 Å². The Labute approximate surface area is 130 Å². The molecule has 0 amide bonds. The summed E-state index contributed by atoms with van der Waals surface area (Å²) in [6.07, 6.45) is 0. The van der Waals surface area contributed by atoms with Gasteiger partial charge in [0.15, 0.2) is 11.5 Å². The zero-order valence-electron chi connectivity index (χ0n) is 10.4. The molecule has 100 valence electrons. The Morgan fingerprint density at radius 1 is 1.10 bits per heavy atom. The lowest BCUT2D eigenvalue weighted by Gasteiger charge is -2.13. The molecule has 0 saturated carbocycles. The lowest BCUT2D eigenvalue weighted by atomic mass is 9.99. The van der Waals surface area contributed by atoms with Gasteiger partial charge in [-0.15, -0.1) is 0 Å². The zero-order valence-corrected chi connectivity index (χ0v) is 12.8. The maximum Gasteiger partial charge on any atom is 0.231 e. The molecule has 0 radical (unpaired) electrons. The quantitative estimate of drug-likeness (QED) is 0.610. The number of hydrogen-bond donors (Lipinski definition) is 0. The van der Waals surface area contributed by atoms with Crippen LogP contribution in [0.5, 0.6) is 11.5 Å². The molecule has 1 atom stereocenters. The second-order valence-corrected chi connectivity index (χ2v) is 5.39. The first-order chi connectivity index (χ1) is 9.78. The molecule has 0 aliphatic carbocycles. The zero-order chi connectivity index (χ0) is 13.9. The van der Waals surface area contributed by atoms with Gasteiger partial charge >= 0.3 is 0 Å². The van der Waals surface area contributed by atoms with Crippen LogP contribution in [0.3, 0.4) is 0 Å². The summed E-state index contributed by atoms with van der Waals surface area (Å²) >= 11 is 8.25. The minimum atomic E-state index is -0.195. The molecule has 1 heterocycles. The van der Waals surface area contributed by atoms with Gasteiger partial charge in [0, 0.05) is 4.47 Å². The molecule has 1 unspecified atom stereocenters. The number of benzene rings is 2. The summed E-state index contributed by atoms with van der Waals surface area (Å²) in [6.45, 7) is 0.261. The van der Waals surface area contributed by atoms with Crippen LogP contribution in [0.2, 0.25) is 0 Å². The fraction of sp³-hybridized carbons (Fsp3) is 0.133. The molecule has 1 aliphatic heterocycles. The number of rotatable bonds is 3. The van der Waals surface area contributed by atoms with Crippen molar-refractivity contribution >= 4 is 33.3 Å². The van der Waals surface area contributed by atoms with Crippen molar-refractivity contribution in [1.82, 2.24) is 0 Å². The van der Waals surface area contributed by atoms with E-state index in [0.717, 1.165) is 27.1 Å². The van der Waals surface area contributed by atoms with Gasteiger partial charge < -0.3 is 9.47 Å². The summed E-state index contributed by atoms with van der Waals surface area (Å²) in [5.41, 5.74) is 2.03. The normalized spacial score (nSPS) is 13.7. The fourth-order valence-corrected chi connectivity index (χ4v) is 2.68. The van der Waals surface area contributed by atoms with E-state index in [-0.39, 0.29) is 12.8 Å². The number of hydrogen-bond acceptors (Lipinski definition) is 4. The molecule has 0 fully saturated rings. The molecular formula is C15H10BrNO2S. The van der Waals surface area contributed by atoms with Gasteiger partial charge in [-0.3, -0.25) is 0 Å². The average molecular weight is 348 g/mol. The van der Waals surface area contributed by atoms with Crippen LogP contribution in [0, 0.1) is 0 Å². The molecule has 0 aromatic heterocycles. The van der Waals surface area contributed by atoms with Crippen molar-refractivity contribution in [3.05, 3.63) is 58.1 Å². The molecule has 0 saturated heterocycles. The number of nitrogens with zero attached hydrogens (tertiary/aromatic N) is 1. The summed E-state index contributed by atoms with van der Waals surface area (Å²) in [7, 11) is 0. The fourth-order valence-electron chi connectivity index (χ4n) is 2.15. The van der Waals surface area contributed by atoms with Gasteiger partial charge in [-0.25, -0.2) is 4.99 Å². The number of isothiocyanates is 1. The number of ether oxygens (including phenoxy) is 2. The smallest absolute Gasteiger partial charge is 0.231 e. The van der Waals surface area contributed by atoms with Gasteiger partial charge in [-0.2, -0.15) is 0 Å². The van der Waals surface area contributed by atoms with Crippen molar-refractivity contribution in [1.29, 1.82) is 0 Å². The highest BCUT2D eigenvalue weighted by Gasteiger charge is 2.18. The van der Waals surface area contributed by atoms with Gasteiger partial charge in [-0.05, 0) is 47.6 Å². The molecule has 0 spiro atoms. The highest BCUT2D eigenvalue weighted by atomic mass is 79.9. The van der Waals surface area contributed by atoms with Gasteiger partial charge in [0.1, 0.15) is 6.04 Å². The Kier molecular flexibility index (Phi) is 3.83. The van der Waals surface area contributed by atoms with Crippen molar-refractivity contribution in [3.8, 4) is 11.5 Å². The van der Waals surface area contributed by atoms with Crippen LogP contribution in [-0.2, 0) is 0 Å². The second-order valence-electron chi connectivity index (χ2n) is 4.29. The van der Waals surface area contributed by atoms with E-state index in [1.807, 2.05) is 42.5 Å². The Bertz CT molecular complexity index is 698. The standard InChI is InChI=1S/C15H10BrNO2S/c16-12-3-1-2-10(6-12)15(17-8-20)11-4-5-13-14(7-11)19-9-18-13/h1-7,15H,9H2. The van der Waals surface area contributed by atoms with Crippen molar-refractivity contribution in [2.24, 2.45) is 4.99 Å². The Morgan fingerprint density at radius 2 is 1.90 bits per heavy atom. The summed E-state index contributed by atoms with van der Waals surface area (Å²) in [5.74, 6) is 1.50. The lowest BCUT2D eigenvalue weighted by molar-refractivity contribution is 0.174. The predicted octanol–water partition coefficient (Wildman–Crippen LogP) is 4.37. The number of thiocarbonyl (C=S) groups is 1. The summed E-state index contributed by atoms with van der Waals surface area (Å²) in [4.78, 5) is 4.28. The maximum absolute atomic E-state index is 5.41. The first-order valence-corrected chi connectivity index (χ1v) is 7.20. The van der Waals surface area contributed by atoms with Crippen LogP contribution in [0.1, 0.15) is 17.2 Å². The highest BCUT2D eigenvalue weighted by molar-refractivity contribution is 9.10. The summed E-state index contributed by atoms with van der Waals surface area (Å²) in [5, 5.41) is 2.47. The molecule has 1 aliphatic rings. The molecule has 2 aromatic rings. The number of halogens is 1. The van der Waals surface area contributed by atoms with Crippen molar-refractivity contribution in [2.45, 2.75) is 6.04 Å². The second kappa shape index (κ2) is 5.75. The van der Waals surface area contributed by atoms with E-state index in [0.29, 0.717) is 0 Å². The van der Waals surface area contributed by atoms with Crippen LogP contribution in [0.4, 0.5) is 0 Å². The third-order valence-corrected chi connectivity index (χ3v) is 3.66. The van der Waals surface area contributed by atoms with Crippen molar-refractivity contribution in [2.75, 3.05) is 6.79 Å². The number of fused-ring (bicyclic) bond motifs is 1. The summed E-state index contributed by atoms with van der Waals surface area (Å²) in [6, 6.07) is 13.6. The van der Waals surface area contributed by atoms with Crippen LogP contribution < -0.4 is 9.47 Å². The molecule has 5 heteroatoms. The average Bonchev–Trinajstić information content (AvgIpc) is 2.92. The van der Waals surface area contributed by atoms with Crippen LogP contribution in [0.25, 0.3) is 0 Å². The minimum absolute atomic E-state index is 0.195. The van der Waals surface area contributed by atoms with E-state index in [4.69, 9.17) is 21.7 Å². The Balaban J connectivity index is 2.05. The van der Waals surface area contributed by atoms with Gasteiger partial charge in [0.2, 0.25) is 6.79 Å². The van der Waals surface area contributed by atoms with E-state index < -0.39 is 0 Å². The molecule has 0 bridgehead atoms.